The molecule has 0 amide bonds. The Kier molecular flexibility index (Phi) is 2.49. The molecule has 80 valence electrons. The Bertz CT molecular complexity index is 426. The van der Waals surface area contributed by atoms with Gasteiger partial charge in [0.05, 0.1) is 12.0 Å². The lowest BCUT2D eigenvalue weighted by molar-refractivity contribution is 0.0503. The molecule has 0 saturated heterocycles. The summed E-state index contributed by atoms with van der Waals surface area (Å²) in [6.07, 6.45) is 1.14. The minimum Gasteiger partial charge on any atom is -0.441 e. The number of para-hydroxylation sites is 2. The normalized spacial score (nSPS) is 15.4. The van der Waals surface area contributed by atoms with Crippen molar-refractivity contribution in [1.82, 2.24) is 4.98 Å². The fourth-order valence-electron chi connectivity index (χ4n) is 1.45. The Balaban J connectivity index is 2.30. The number of benzene rings is 1. The molecule has 0 fully saturated rings. The third kappa shape index (κ3) is 2.18. The molecule has 1 N–H and O–H groups in total. The van der Waals surface area contributed by atoms with Crippen LogP contribution >= 0.6 is 0 Å². The highest BCUT2D eigenvalue weighted by Gasteiger charge is 2.21. The van der Waals surface area contributed by atoms with Crippen molar-refractivity contribution < 1.29 is 9.52 Å². The van der Waals surface area contributed by atoms with Gasteiger partial charge in [-0.3, -0.25) is 0 Å². The number of hydrogen-bond acceptors (Lipinski definition) is 3. The molecule has 0 saturated carbocycles. The molecule has 3 nitrogen and oxygen atoms in total. The van der Waals surface area contributed by atoms with Crippen LogP contribution in [0.4, 0.5) is 0 Å². The van der Waals surface area contributed by atoms with Crippen LogP contribution in [0.25, 0.3) is 11.1 Å². The van der Waals surface area contributed by atoms with Crippen molar-refractivity contribution >= 4 is 11.1 Å². The molecule has 1 aromatic heterocycles. The zero-order valence-electron chi connectivity index (χ0n) is 9.03. The van der Waals surface area contributed by atoms with E-state index < -0.39 is 5.60 Å². The van der Waals surface area contributed by atoms with Crippen molar-refractivity contribution in [1.29, 1.82) is 0 Å². The van der Waals surface area contributed by atoms with Crippen LogP contribution in [-0.4, -0.2) is 15.7 Å². The van der Waals surface area contributed by atoms with Crippen LogP contribution in [0.5, 0.6) is 0 Å². The molecule has 0 aliphatic heterocycles. The first-order valence-electron chi connectivity index (χ1n) is 5.17. The van der Waals surface area contributed by atoms with Crippen molar-refractivity contribution in [2.75, 3.05) is 0 Å². The van der Waals surface area contributed by atoms with E-state index in [-0.39, 0.29) is 0 Å². The van der Waals surface area contributed by atoms with Gasteiger partial charge in [-0.15, -0.1) is 0 Å². The van der Waals surface area contributed by atoms with E-state index in [1.807, 2.05) is 31.2 Å². The van der Waals surface area contributed by atoms with Gasteiger partial charge in [-0.25, -0.2) is 4.98 Å². The van der Waals surface area contributed by atoms with Gasteiger partial charge in [0.2, 0.25) is 0 Å². The molecule has 2 aromatic rings. The molecule has 1 heterocycles. The second kappa shape index (κ2) is 3.66. The van der Waals surface area contributed by atoms with E-state index in [4.69, 9.17) is 4.42 Å². The summed E-state index contributed by atoms with van der Waals surface area (Å²) in [5.41, 5.74) is 0.889. The van der Waals surface area contributed by atoms with E-state index in [1.165, 1.54) is 0 Å². The summed E-state index contributed by atoms with van der Waals surface area (Å²) < 4.78 is 5.53. The van der Waals surface area contributed by atoms with Crippen molar-refractivity contribution in [3.63, 3.8) is 0 Å². The number of fused-ring (bicyclic) bond motifs is 1. The van der Waals surface area contributed by atoms with E-state index in [1.54, 1.807) is 6.92 Å². The Morgan fingerprint density at radius 1 is 1.40 bits per heavy atom. The topological polar surface area (TPSA) is 46.3 Å². The Morgan fingerprint density at radius 3 is 2.80 bits per heavy atom. The maximum absolute atomic E-state index is 9.90. The van der Waals surface area contributed by atoms with Crippen LogP contribution < -0.4 is 0 Å². The third-order valence-electron chi connectivity index (χ3n) is 2.63. The number of rotatable bonds is 3. The van der Waals surface area contributed by atoms with Crippen LogP contribution in [0.3, 0.4) is 0 Å². The molecule has 0 radical (unpaired) electrons. The Labute approximate surface area is 88.7 Å². The van der Waals surface area contributed by atoms with Crippen LogP contribution in [-0.2, 0) is 6.42 Å². The minimum absolute atomic E-state index is 0.457. The summed E-state index contributed by atoms with van der Waals surface area (Å²) in [6.45, 7) is 3.74. The van der Waals surface area contributed by atoms with E-state index in [0.717, 1.165) is 11.1 Å². The summed E-state index contributed by atoms with van der Waals surface area (Å²) in [7, 11) is 0. The number of oxazole rings is 1. The zero-order chi connectivity index (χ0) is 10.9. The second-order valence-corrected chi connectivity index (χ2v) is 4.10. The summed E-state index contributed by atoms with van der Waals surface area (Å²) >= 11 is 0. The maximum Gasteiger partial charge on any atom is 0.198 e. The van der Waals surface area contributed by atoms with Gasteiger partial charge >= 0.3 is 0 Å². The standard InChI is InChI=1S/C12H15NO2/c1-3-12(2,14)8-11-13-9-6-4-5-7-10(9)15-11/h4-7,14H,3,8H2,1-2H3. The van der Waals surface area contributed by atoms with Crippen molar-refractivity contribution in [2.45, 2.75) is 32.3 Å². The lowest BCUT2D eigenvalue weighted by atomic mass is 10.00. The fraction of sp³-hybridized carbons (Fsp3) is 0.417. The molecule has 1 aromatic carbocycles. The third-order valence-corrected chi connectivity index (χ3v) is 2.63. The molecular weight excluding hydrogens is 190 g/mol. The smallest absolute Gasteiger partial charge is 0.198 e. The summed E-state index contributed by atoms with van der Waals surface area (Å²) in [5, 5.41) is 9.90. The van der Waals surface area contributed by atoms with Gasteiger partial charge in [0.1, 0.15) is 5.52 Å². The minimum atomic E-state index is -0.735. The molecule has 0 aliphatic carbocycles. The van der Waals surface area contributed by atoms with Gasteiger partial charge < -0.3 is 9.52 Å². The van der Waals surface area contributed by atoms with Crippen molar-refractivity contribution in [3.8, 4) is 0 Å². The van der Waals surface area contributed by atoms with Gasteiger partial charge in [0.15, 0.2) is 11.5 Å². The summed E-state index contributed by atoms with van der Waals surface area (Å²) in [4.78, 5) is 4.32. The van der Waals surface area contributed by atoms with E-state index >= 15 is 0 Å². The predicted molar refractivity (Wildman–Crippen MR) is 58.6 cm³/mol. The van der Waals surface area contributed by atoms with Crippen molar-refractivity contribution in [3.05, 3.63) is 30.2 Å². The van der Waals surface area contributed by atoms with Crippen LogP contribution in [0.2, 0.25) is 0 Å². The van der Waals surface area contributed by atoms with E-state index in [2.05, 4.69) is 4.98 Å². The van der Waals surface area contributed by atoms with Crippen LogP contribution in [0.1, 0.15) is 26.2 Å². The maximum atomic E-state index is 9.90. The Hall–Kier alpha value is -1.35. The molecule has 2 rings (SSSR count). The molecule has 3 heteroatoms. The number of nitrogens with zero attached hydrogens (tertiary/aromatic N) is 1. The largest absolute Gasteiger partial charge is 0.441 e. The van der Waals surface area contributed by atoms with Gasteiger partial charge in [0, 0.05) is 0 Å². The van der Waals surface area contributed by atoms with Gasteiger partial charge in [-0.1, -0.05) is 19.1 Å². The lowest BCUT2D eigenvalue weighted by Crippen LogP contribution is -2.25. The number of aliphatic hydroxyl groups is 1. The monoisotopic (exact) mass is 205 g/mol. The first kappa shape index (κ1) is 10.2. The van der Waals surface area contributed by atoms with Gasteiger partial charge in [-0.05, 0) is 25.5 Å². The SMILES string of the molecule is CCC(C)(O)Cc1nc2ccccc2o1. The number of hydrogen-bond donors (Lipinski definition) is 1. The predicted octanol–water partition coefficient (Wildman–Crippen LogP) is 2.53. The highest BCUT2D eigenvalue weighted by atomic mass is 16.4. The molecule has 0 spiro atoms. The van der Waals surface area contributed by atoms with Crippen LogP contribution in [0, 0.1) is 0 Å². The van der Waals surface area contributed by atoms with Crippen molar-refractivity contribution in [2.24, 2.45) is 0 Å². The first-order valence-corrected chi connectivity index (χ1v) is 5.17. The molecule has 0 bridgehead atoms. The van der Waals surface area contributed by atoms with E-state index in [0.29, 0.717) is 18.7 Å². The number of aromatic nitrogens is 1. The van der Waals surface area contributed by atoms with Crippen LogP contribution in [0.15, 0.2) is 28.7 Å². The molecule has 0 aliphatic rings. The fourth-order valence-corrected chi connectivity index (χ4v) is 1.45. The quantitative estimate of drug-likeness (QED) is 0.837. The van der Waals surface area contributed by atoms with E-state index in [9.17, 15) is 5.11 Å². The molecule has 1 atom stereocenters. The first-order chi connectivity index (χ1) is 7.11. The second-order valence-electron chi connectivity index (χ2n) is 4.10. The van der Waals surface area contributed by atoms with Gasteiger partial charge in [0.25, 0.3) is 0 Å². The summed E-state index contributed by atoms with van der Waals surface area (Å²) in [6, 6.07) is 7.62. The molecule has 1 unspecified atom stereocenters. The molecule has 15 heavy (non-hydrogen) atoms. The zero-order valence-corrected chi connectivity index (χ0v) is 9.03. The lowest BCUT2D eigenvalue weighted by Gasteiger charge is -2.18. The van der Waals surface area contributed by atoms with Gasteiger partial charge in [-0.2, -0.15) is 0 Å². The summed E-state index contributed by atoms with van der Waals surface area (Å²) in [5.74, 6) is 0.600. The Morgan fingerprint density at radius 2 is 2.13 bits per heavy atom. The average Bonchev–Trinajstić information content (AvgIpc) is 2.58. The highest BCUT2D eigenvalue weighted by Crippen LogP contribution is 2.20. The average molecular weight is 205 g/mol. The molecular formula is C12H15NO2. The highest BCUT2D eigenvalue weighted by molar-refractivity contribution is 5.72.